The molecule has 0 aliphatic carbocycles. The summed E-state index contributed by atoms with van der Waals surface area (Å²) in [6, 6.07) is 54.9. The molecule has 4 aromatic heterocycles. The Bertz CT molecular complexity index is 3100. The Morgan fingerprint density at radius 1 is 0.451 bits per heavy atom. The van der Waals surface area contributed by atoms with Gasteiger partial charge in [-0.3, -0.25) is 0 Å². The van der Waals surface area contributed by atoms with E-state index in [1.165, 1.54) is 47.7 Å². The summed E-state index contributed by atoms with van der Waals surface area (Å²) in [6.07, 6.45) is 0. The highest BCUT2D eigenvalue weighted by molar-refractivity contribution is 7.26. The van der Waals surface area contributed by atoms with Crippen molar-refractivity contribution in [3.63, 3.8) is 0 Å². The number of benzene rings is 7. The van der Waals surface area contributed by atoms with Crippen LogP contribution in [-0.2, 0) is 0 Å². The number of thiophene rings is 1. The molecule has 0 saturated heterocycles. The molecule has 0 bridgehead atoms. The van der Waals surface area contributed by atoms with Crippen molar-refractivity contribution in [2.75, 3.05) is 0 Å². The van der Waals surface area contributed by atoms with Crippen molar-refractivity contribution in [3.8, 4) is 39.9 Å². The van der Waals surface area contributed by atoms with Crippen molar-refractivity contribution < 1.29 is 4.42 Å². The van der Waals surface area contributed by atoms with Gasteiger partial charge in [-0.25, -0.2) is 15.0 Å². The number of para-hydroxylation sites is 4. The van der Waals surface area contributed by atoms with Gasteiger partial charge in [0.05, 0.1) is 27.0 Å². The zero-order valence-corrected chi connectivity index (χ0v) is 27.9. The van der Waals surface area contributed by atoms with Gasteiger partial charge in [-0.1, -0.05) is 109 Å². The maximum Gasteiger partial charge on any atom is 0.167 e. The molecular formula is C45H26N4OS. The van der Waals surface area contributed by atoms with Gasteiger partial charge in [0, 0.05) is 48.1 Å². The molecule has 5 nitrogen and oxygen atoms in total. The Kier molecular flexibility index (Phi) is 6.05. The van der Waals surface area contributed by atoms with E-state index in [0.29, 0.717) is 17.5 Å². The van der Waals surface area contributed by atoms with Gasteiger partial charge in [0.15, 0.2) is 17.5 Å². The molecule has 6 heteroatoms. The number of nitrogens with zero attached hydrogens (tertiary/aromatic N) is 4. The van der Waals surface area contributed by atoms with E-state index in [-0.39, 0.29) is 0 Å². The van der Waals surface area contributed by atoms with Crippen molar-refractivity contribution in [2.24, 2.45) is 0 Å². The Morgan fingerprint density at radius 3 is 1.88 bits per heavy atom. The molecule has 0 saturated carbocycles. The lowest BCUT2D eigenvalue weighted by Gasteiger charge is -2.09. The minimum absolute atomic E-state index is 0.576. The first-order valence-corrected chi connectivity index (χ1v) is 17.8. The zero-order chi connectivity index (χ0) is 33.5. The smallest absolute Gasteiger partial charge is 0.167 e. The van der Waals surface area contributed by atoms with E-state index >= 15 is 0 Å². The van der Waals surface area contributed by atoms with Crippen LogP contribution in [0.4, 0.5) is 0 Å². The molecule has 0 atom stereocenters. The van der Waals surface area contributed by atoms with Crippen LogP contribution in [-0.4, -0.2) is 19.5 Å². The lowest BCUT2D eigenvalue weighted by atomic mass is 10.1. The largest absolute Gasteiger partial charge is 0.455 e. The predicted molar refractivity (Wildman–Crippen MR) is 211 cm³/mol. The maximum atomic E-state index is 6.42. The van der Waals surface area contributed by atoms with Gasteiger partial charge in [0.2, 0.25) is 0 Å². The lowest BCUT2D eigenvalue weighted by Crippen LogP contribution is -2.00. The molecule has 11 aromatic rings. The molecule has 0 spiro atoms. The highest BCUT2D eigenvalue weighted by atomic mass is 32.1. The molecule has 0 aliphatic rings. The number of fused-ring (bicyclic) bond motifs is 9. The number of hydrogen-bond donors (Lipinski definition) is 0. The van der Waals surface area contributed by atoms with E-state index < -0.39 is 0 Å². The fourth-order valence-corrected chi connectivity index (χ4v) is 8.73. The average Bonchev–Trinajstić information content (AvgIpc) is 3.87. The third-order valence-corrected chi connectivity index (χ3v) is 11.1. The summed E-state index contributed by atoms with van der Waals surface area (Å²) in [5.74, 6) is 1.81. The number of rotatable bonds is 4. The topological polar surface area (TPSA) is 56.7 Å². The highest BCUT2D eigenvalue weighted by Gasteiger charge is 2.20. The minimum Gasteiger partial charge on any atom is -0.455 e. The molecule has 0 radical (unpaired) electrons. The molecule has 0 fully saturated rings. The lowest BCUT2D eigenvalue weighted by molar-refractivity contribution is 0.669. The first kappa shape index (κ1) is 28.2. The summed E-state index contributed by atoms with van der Waals surface area (Å²) in [6.45, 7) is 0. The molecule has 7 aromatic carbocycles. The SMILES string of the molecule is c1ccc(-c2nc(-c3ccc4sc5c(-n6c7ccccc7c7ccccc76)cccc5c4c3)nc(-c3cccc4c3oc3ccccc34)n2)cc1. The Labute approximate surface area is 295 Å². The van der Waals surface area contributed by atoms with Gasteiger partial charge >= 0.3 is 0 Å². The van der Waals surface area contributed by atoms with E-state index in [4.69, 9.17) is 19.4 Å². The molecule has 11 rings (SSSR count). The van der Waals surface area contributed by atoms with E-state index in [0.717, 1.165) is 38.6 Å². The third-order valence-electron chi connectivity index (χ3n) is 9.87. The molecule has 238 valence electrons. The van der Waals surface area contributed by atoms with Crippen LogP contribution in [0.3, 0.4) is 0 Å². The predicted octanol–water partition coefficient (Wildman–Crippen LogP) is 12.2. The van der Waals surface area contributed by atoms with Crippen LogP contribution in [0.1, 0.15) is 0 Å². The van der Waals surface area contributed by atoms with E-state index in [1.54, 1.807) is 0 Å². The number of furan rings is 1. The van der Waals surface area contributed by atoms with Gasteiger partial charge in [-0.05, 0) is 48.5 Å². The number of hydrogen-bond acceptors (Lipinski definition) is 5. The summed E-state index contributed by atoms with van der Waals surface area (Å²) in [7, 11) is 0. The standard InChI is InChI=1S/C45H26N4OS/c1-2-12-27(13-3-1)43-46-44(48-45(47-43)34-19-10-17-32-31-16-6-9-23-39(31)50-41(32)34)28-24-25-40-35(26-28)33-18-11-22-38(42(33)51-40)49-36-20-7-4-14-29(36)30-15-5-8-21-37(30)49/h1-26H. The van der Waals surface area contributed by atoms with E-state index in [2.05, 4.69) is 102 Å². The van der Waals surface area contributed by atoms with Crippen molar-refractivity contribution in [1.29, 1.82) is 0 Å². The second kappa shape index (κ2) is 10.9. The van der Waals surface area contributed by atoms with Crippen molar-refractivity contribution >= 4 is 75.3 Å². The van der Waals surface area contributed by atoms with Gasteiger partial charge in [0.25, 0.3) is 0 Å². The molecular weight excluding hydrogens is 645 g/mol. The second-order valence-electron chi connectivity index (χ2n) is 12.8. The van der Waals surface area contributed by atoms with Gasteiger partial charge in [-0.2, -0.15) is 0 Å². The zero-order valence-electron chi connectivity index (χ0n) is 27.1. The summed E-state index contributed by atoms with van der Waals surface area (Å²) in [4.78, 5) is 15.2. The Morgan fingerprint density at radius 2 is 1.08 bits per heavy atom. The van der Waals surface area contributed by atoms with Crippen LogP contribution >= 0.6 is 11.3 Å². The summed E-state index contributed by atoms with van der Waals surface area (Å²) >= 11 is 1.82. The Balaban J connectivity index is 1.12. The highest BCUT2D eigenvalue weighted by Crippen LogP contribution is 2.42. The van der Waals surface area contributed by atoms with Crippen LogP contribution in [0.5, 0.6) is 0 Å². The summed E-state index contributed by atoms with van der Waals surface area (Å²) in [5.41, 5.74) is 7.89. The summed E-state index contributed by atoms with van der Waals surface area (Å²) in [5, 5.41) is 7.01. The molecule has 4 heterocycles. The van der Waals surface area contributed by atoms with Crippen molar-refractivity contribution in [2.45, 2.75) is 0 Å². The van der Waals surface area contributed by atoms with Crippen molar-refractivity contribution in [1.82, 2.24) is 19.5 Å². The number of aromatic nitrogens is 4. The molecule has 0 aliphatic heterocycles. The molecule has 0 unspecified atom stereocenters. The van der Waals surface area contributed by atoms with Gasteiger partial charge in [0.1, 0.15) is 11.2 Å². The first-order chi connectivity index (χ1) is 25.3. The van der Waals surface area contributed by atoms with Gasteiger partial charge < -0.3 is 8.98 Å². The fourth-order valence-electron chi connectivity index (χ4n) is 7.55. The van der Waals surface area contributed by atoms with E-state index in [9.17, 15) is 0 Å². The molecule has 0 N–H and O–H groups in total. The van der Waals surface area contributed by atoms with E-state index in [1.807, 2.05) is 72.0 Å². The third kappa shape index (κ3) is 4.30. The second-order valence-corrected chi connectivity index (χ2v) is 13.8. The normalized spacial score (nSPS) is 11.9. The maximum absolute atomic E-state index is 6.42. The van der Waals surface area contributed by atoms with Gasteiger partial charge in [-0.15, -0.1) is 11.3 Å². The fraction of sp³-hybridized carbons (Fsp3) is 0. The van der Waals surface area contributed by atoms with Crippen LogP contribution in [0.2, 0.25) is 0 Å². The van der Waals surface area contributed by atoms with Crippen molar-refractivity contribution in [3.05, 3.63) is 158 Å². The minimum atomic E-state index is 0.576. The average molecular weight is 671 g/mol. The van der Waals surface area contributed by atoms with Crippen LogP contribution < -0.4 is 0 Å². The quantitative estimate of drug-likeness (QED) is 0.187. The molecule has 51 heavy (non-hydrogen) atoms. The van der Waals surface area contributed by atoms with Crippen LogP contribution in [0.15, 0.2) is 162 Å². The molecule has 0 amide bonds. The summed E-state index contributed by atoms with van der Waals surface area (Å²) < 4.78 is 11.3. The Hall–Kier alpha value is -6.63. The van der Waals surface area contributed by atoms with Crippen LogP contribution in [0, 0.1) is 0 Å². The first-order valence-electron chi connectivity index (χ1n) is 16.9. The monoisotopic (exact) mass is 670 g/mol. The van der Waals surface area contributed by atoms with Crippen LogP contribution in [0.25, 0.3) is 104 Å².